The van der Waals surface area contributed by atoms with Crippen molar-refractivity contribution in [1.82, 2.24) is 14.9 Å². The van der Waals surface area contributed by atoms with Gasteiger partial charge in [-0.05, 0) is 24.6 Å². The van der Waals surface area contributed by atoms with Gasteiger partial charge in [-0.1, -0.05) is 0 Å². The maximum atomic E-state index is 11.8. The highest BCUT2D eigenvalue weighted by molar-refractivity contribution is 7.91. The van der Waals surface area contributed by atoms with Gasteiger partial charge in [0.25, 0.3) is 10.0 Å². The van der Waals surface area contributed by atoms with Crippen LogP contribution in [0.4, 0.5) is 0 Å². The summed E-state index contributed by atoms with van der Waals surface area (Å²) in [6.45, 7) is 0.145. The van der Waals surface area contributed by atoms with E-state index in [1.54, 1.807) is 6.07 Å². The number of hydrogen-bond donors (Lipinski definition) is 3. The van der Waals surface area contributed by atoms with Crippen LogP contribution in [-0.2, 0) is 26.5 Å². The van der Waals surface area contributed by atoms with Crippen LogP contribution in [-0.4, -0.2) is 33.6 Å². The second-order valence-electron chi connectivity index (χ2n) is 3.83. The molecule has 4 N–H and O–H groups in total. The average Bonchev–Trinajstić information content (AvgIpc) is 2.99. The molecule has 0 aliphatic rings. The average molecular weight is 336 g/mol. The number of hydrogen-bond acceptors (Lipinski definition) is 6. The Hall–Kier alpha value is -1.27. The zero-order chi connectivity index (χ0) is 14.8. The molecule has 0 aliphatic carbocycles. The number of H-pyrrole nitrogens is 1. The third-order valence-electron chi connectivity index (χ3n) is 2.35. The fourth-order valence-corrected chi connectivity index (χ4v) is 4.14. The SMILES string of the molecule is NS(=O)(=O)c1ccc(CCNS(=O)(=O)c2ccn[nH]2)s1. The van der Waals surface area contributed by atoms with Crippen molar-refractivity contribution >= 4 is 31.4 Å². The van der Waals surface area contributed by atoms with E-state index in [2.05, 4.69) is 14.9 Å². The Morgan fingerprint density at radius 2 is 2.00 bits per heavy atom. The van der Waals surface area contributed by atoms with Crippen LogP contribution in [0.1, 0.15) is 4.88 Å². The number of nitrogens with two attached hydrogens (primary N) is 1. The zero-order valence-corrected chi connectivity index (χ0v) is 12.6. The van der Waals surface area contributed by atoms with E-state index in [1.807, 2.05) is 0 Å². The molecule has 11 heteroatoms. The van der Waals surface area contributed by atoms with E-state index in [1.165, 1.54) is 18.3 Å². The molecule has 0 saturated heterocycles. The van der Waals surface area contributed by atoms with Crippen molar-refractivity contribution in [1.29, 1.82) is 0 Å². The fourth-order valence-electron chi connectivity index (χ4n) is 1.42. The molecule has 0 aromatic carbocycles. The summed E-state index contributed by atoms with van der Waals surface area (Å²) in [5.74, 6) is 0. The number of aromatic nitrogens is 2. The Morgan fingerprint density at radius 1 is 1.25 bits per heavy atom. The van der Waals surface area contributed by atoms with Crippen LogP contribution in [0.15, 0.2) is 33.6 Å². The van der Waals surface area contributed by atoms with Gasteiger partial charge in [0.15, 0.2) is 5.03 Å². The summed E-state index contributed by atoms with van der Waals surface area (Å²) in [5.41, 5.74) is 0. The lowest BCUT2D eigenvalue weighted by Gasteiger charge is -2.03. The number of nitrogens with one attached hydrogen (secondary N) is 2. The molecule has 2 aromatic heterocycles. The van der Waals surface area contributed by atoms with Crippen LogP contribution in [0.25, 0.3) is 0 Å². The summed E-state index contributed by atoms with van der Waals surface area (Å²) in [6, 6.07) is 4.35. The van der Waals surface area contributed by atoms with Crippen LogP contribution in [0.5, 0.6) is 0 Å². The largest absolute Gasteiger partial charge is 0.266 e. The van der Waals surface area contributed by atoms with Gasteiger partial charge in [0, 0.05) is 11.4 Å². The third kappa shape index (κ3) is 3.64. The predicted octanol–water partition coefficient (Wildman–Crippen LogP) is -0.360. The topological polar surface area (TPSA) is 135 Å². The van der Waals surface area contributed by atoms with Gasteiger partial charge in [0.05, 0.1) is 6.20 Å². The van der Waals surface area contributed by atoms with E-state index in [-0.39, 0.29) is 15.8 Å². The quantitative estimate of drug-likeness (QED) is 0.662. The highest BCUT2D eigenvalue weighted by atomic mass is 32.2. The van der Waals surface area contributed by atoms with E-state index >= 15 is 0 Å². The second kappa shape index (κ2) is 5.61. The number of aromatic amines is 1. The Labute approximate surface area is 120 Å². The monoisotopic (exact) mass is 336 g/mol. The maximum absolute atomic E-state index is 11.8. The summed E-state index contributed by atoms with van der Waals surface area (Å²) in [5, 5.41) is 10.9. The molecule has 110 valence electrons. The van der Waals surface area contributed by atoms with E-state index in [0.29, 0.717) is 6.42 Å². The third-order valence-corrected chi connectivity index (χ3v) is 6.32. The number of primary sulfonamides is 1. The van der Waals surface area contributed by atoms with Crippen molar-refractivity contribution < 1.29 is 16.8 Å². The van der Waals surface area contributed by atoms with Crippen LogP contribution in [0.3, 0.4) is 0 Å². The summed E-state index contributed by atoms with van der Waals surface area (Å²) in [7, 11) is -7.32. The molecule has 0 radical (unpaired) electrons. The number of nitrogens with zero attached hydrogens (tertiary/aromatic N) is 1. The minimum absolute atomic E-state index is 0.0195. The van der Waals surface area contributed by atoms with Crippen molar-refractivity contribution in [2.45, 2.75) is 15.7 Å². The Balaban J connectivity index is 1.96. The molecule has 0 amide bonds. The normalized spacial score (nSPS) is 12.7. The van der Waals surface area contributed by atoms with E-state index < -0.39 is 20.0 Å². The number of thiophene rings is 1. The molecule has 0 fully saturated rings. The lowest BCUT2D eigenvalue weighted by Crippen LogP contribution is -2.26. The summed E-state index contributed by atoms with van der Waals surface area (Å²) < 4.78 is 48.2. The Morgan fingerprint density at radius 3 is 2.55 bits per heavy atom. The van der Waals surface area contributed by atoms with Crippen molar-refractivity contribution in [3.05, 3.63) is 29.3 Å². The highest BCUT2D eigenvalue weighted by Gasteiger charge is 2.15. The molecule has 0 atom stereocenters. The standard InChI is InChI=1S/C9H12N4O4S3/c10-19(14,15)9-2-1-7(18-9)3-6-12-20(16,17)8-4-5-11-13-8/h1-2,4-5,12H,3,6H2,(H,11,13)(H2,10,14,15). The molecule has 2 heterocycles. The van der Waals surface area contributed by atoms with Gasteiger partial charge in [-0.2, -0.15) is 5.10 Å². The first-order valence-electron chi connectivity index (χ1n) is 5.39. The smallest absolute Gasteiger partial charge is 0.257 e. The molecule has 0 saturated carbocycles. The van der Waals surface area contributed by atoms with E-state index in [4.69, 9.17) is 5.14 Å². The summed E-state index contributed by atoms with van der Waals surface area (Å²) in [6.07, 6.45) is 1.71. The molecule has 0 spiro atoms. The van der Waals surface area contributed by atoms with Gasteiger partial charge in [0.2, 0.25) is 10.0 Å². The van der Waals surface area contributed by atoms with Crippen LogP contribution in [0, 0.1) is 0 Å². The maximum Gasteiger partial charge on any atom is 0.257 e. The molecule has 0 bridgehead atoms. The lowest BCUT2D eigenvalue weighted by molar-refractivity contribution is 0.577. The first-order valence-corrected chi connectivity index (χ1v) is 9.24. The first kappa shape index (κ1) is 15.1. The van der Waals surface area contributed by atoms with Gasteiger partial charge in [-0.3, -0.25) is 5.10 Å². The van der Waals surface area contributed by atoms with Crippen molar-refractivity contribution in [3.8, 4) is 0 Å². The number of rotatable bonds is 6. The Kier molecular flexibility index (Phi) is 4.25. The van der Waals surface area contributed by atoms with E-state index in [9.17, 15) is 16.8 Å². The van der Waals surface area contributed by atoms with Crippen LogP contribution < -0.4 is 9.86 Å². The van der Waals surface area contributed by atoms with Gasteiger partial charge in [-0.25, -0.2) is 26.7 Å². The molecule has 2 aromatic rings. The van der Waals surface area contributed by atoms with Crippen molar-refractivity contribution in [3.63, 3.8) is 0 Å². The summed E-state index contributed by atoms with van der Waals surface area (Å²) >= 11 is 1.02. The van der Waals surface area contributed by atoms with Gasteiger partial charge < -0.3 is 0 Å². The molecular formula is C9H12N4O4S3. The molecular weight excluding hydrogens is 324 g/mol. The van der Waals surface area contributed by atoms with Crippen molar-refractivity contribution in [2.75, 3.05) is 6.54 Å². The van der Waals surface area contributed by atoms with Crippen molar-refractivity contribution in [2.24, 2.45) is 5.14 Å². The van der Waals surface area contributed by atoms with Crippen LogP contribution >= 0.6 is 11.3 Å². The summed E-state index contributed by atoms with van der Waals surface area (Å²) in [4.78, 5) is 0.723. The molecule has 0 unspecified atom stereocenters. The Bertz CT molecular complexity index is 777. The second-order valence-corrected chi connectivity index (χ2v) is 8.53. The first-order chi connectivity index (χ1) is 9.29. The minimum atomic E-state index is -3.70. The lowest BCUT2D eigenvalue weighted by atomic mass is 10.3. The van der Waals surface area contributed by atoms with Gasteiger partial charge >= 0.3 is 0 Å². The van der Waals surface area contributed by atoms with E-state index in [0.717, 1.165) is 16.2 Å². The molecule has 8 nitrogen and oxygen atoms in total. The predicted molar refractivity (Wildman–Crippen MR) is 73.2 cm³/mol. The molecule has 20 heavy (non-hydrogen) atoms. The number of sulfonamides is 2. The minimum Gasteiger partial charge on any atom is -0.266 e. The zero-order valence-electron chi connectivity index (χ0n) is 10.1. The molecule has 0 aliphatic heterocycles. The van der Waals surface area contributed by atoms with Gasteiger partial charge in [-0.15, -0.1) is 11.3 Å². The molecule has 2 rings (SSSR count). The fraction of sp³-hybridized carbons (Fsp3) is 0.222. The highest BCUT2D eigenvalue weighted by Crippen LogP contribution is 2.20. The van der Waals surface area contributed by atoms with Gasteiger partial charge in [0.1, 0.15) is 4.21 Å². The van der Waals surface area contributed by atoms with Crippen LogP contribution in [0.2, 0.25) is 0 Å².